The minimum absolute atomic E-state index is 0. The van der Waals surface area contributed by atoms with E-state index in [0.29, 0.717) is 22.2 Å². The minimum Gasteiger partial charge on any atom is -0.672 e. The molecule has 4 fully saturated rings. The maximum absolute atomic E-state index is 8.59. The van der Waals surface area contributed by atoms with Crippen LogP contribution < -0.4 is 0 Å². The molecule has 0 amide bonds. The van der Waals surface area contributed by atoms with Gasteiger partial charge in [0.1, 0.15) is 0 Å². The molecule has 1 atom stereocenters. The summed E-state index contributed by atoms with van der Waals surface area (Å²) in [4.78, 5) is 0. The summed E-state index contributed by atoms with van der Waals surface area (Å²) in [5.41, 5.74) is 16.8. The summed E-state index contributed by atoms with van der Waals surface area (Å²) in [7, 11) is 0.750. The Hall–Kier alpha value is -1.02. The SMILES string of the molecule is CC12CC3(C)CC(C)(C1)CC([NH-])(C2)C3.CC1=[C-]C(C)C(C)=C1C.C[SiH]C.[Zr+2].c1ccc(-c2ccccc2)cc1. The summed E-state index contributed by atoms with van der Waals surface area (Å²) in [6.45, 7) is 20.4. The van der Waals surface area contributed by atoms with Gasteiger partial charge in [-0.25, -0.2) is 5.57 Å². The summed E-state index contributed by atoms with van der Waals surface area (Å²) in [6.07, 6.45) is 11.0. The molecule has 5 aliphatic carbocycles. The molecule has 7 rings (SSSR count). The van der Waals surface area contributed by atoms with Crippen molar-refractivity contribution in [3.63, 3.8) is 0 Å². The van der Waals surface area contributed by atoms with E-state index >= 15 is 0 Å². The van der Waals surface area contributed by atoms with Gasteiger partial charge in [0.2, 0.25) is 0 Å². The molecule has 1 radical (unpaired) electrons. The van der Waals surface area contributed by atoms with Gasteiger partial charge in [0.05, 0.1) is 0 Å². The third kappa shape index (κ3) is 8.98. The summed E-state index contributed by atoms with van der Waals surface area (Å²) in [6, 6.07) is 20.8. The third-order valence-electron chi connectivity index (χ3n) is 8.97. The first-order valence-corrected chi connectivity index (χ1v) is 16.9. The van der Waals surface area contributed by atoms with Crippen molar-refractivity contribution >= 4 is 9.52 Å². The van der Waals surface area contributed by atoms with Gasteiger partial charge < -0.3 is 5.73 Å². The van der Waals surface area contributed by atoms with Crippen molar-refractivity contribution < 1.29 is 26.2 Å². The molecule has 2 aromatic rings. The van der Waals surface area contributed by atoms with E-state index in [1.54, 1.807) is 0 Å². The zero-order valence-electron chi connectivity index (χ0n) is 26.2. The minimum atomic E-state index is -0.0625. The van der Waals surface area contributed by atoms with Crippen molar-refractivity contribution in [2.45, 2.75) is 106 Å². The smallest absolute Gasteiger partial charge is 0.672 e. The Bertz CT molecular complexity index is 986. The van der Waals surface area contributed by atoms with Gasteiger partial charge in [0.25, 0.3) is 0 Å². The Morgan fingerprint density at radius 1 is 0.692 bits per heavy atom. The van der Waals surface area contributed by atoms with Crippen LogP contribution in [-0.2, 0) is 26.2 Å². The average Bonchev–Trinajstić information content (AvgIpc) is 3.03. The van der Waals surface area contributed by atoms with Crippen LogP contribution in [0, 0.1) is 28.2 Å². The molecule has 0 saturated heterocycles. The fourth-order valence-corrected chi connectivity index (χ4v) is 8.71. The summed E-state index contributed by atoms with van der Waals surface area (Å²) in [5.74, 6) is 0.560. The van der Waals surface area contributed by atoms with Gasteiger partial charge >= 0.3 is 26.2 Å². The Morgan fingerprint density at radius 3 is 1.23 bits per heavy atom. The third-order valence-corrected chi connectivity index (χ3v) is 8.97. The molecule has 4 bridgehead atoms. The Morgan fingerprint density at radius 2 is 1.03 bits per heavy atom. The van der Waals surface area contributed by atoms with E-state index in [-0.39, 0.29) is 31.7 Å². The van der Waals surface area contributed by atoms with Crippen molar-refractivity contribution in [2.75, 3.05) is 0 Å². The van der Waals surface area contributed by atoms with Gasteiger partial charge in [0.15, 0.2) is 0 Å². The molecule has 1 unspecified atom stereocenters. The summed E-state index contributed by atoms with van der Waals surface area (Å²) in [5, 5.41) is 0. The maximum atomic E-state index is 8.59. The Balaban J connectivity index is 0.000000197. The molecule has 3 heteroatoms. The molecule has 5 aliphatic rings. The monoisotopic (exact) mass is 616 g/mol. The maximum Gasteiger partial charge on any atom is 2.00 e. The normalized spacial score (nSPS) is 33.4. The largest absolute Gasteiger partial charge is 2.00 e. The van der Waals surface area contributed by atoms with Crippen LogP contribution in [0.1, 0.15) is 87.0 Å². The first-order valence-electron chi connectivity index (χ1n) is 14.6. The van der Waals surface area contributed by atoms with Gasteiger partial charge in [-0.15, -0.1) is 12.5 Å². The van der Waals surface area contributed by atoms with Gasteiger partial charge in [-0.05, 0) is 46.6 Å². The summed E-state index contributed by atoms with van der Waals surface area (Å²) < 4.78 is 0. The first-order chi connectivity index (χ1) is 17.7. The van der Waals surface area contributed by atoms with E-state index in [1.165, 1.54) is 66.4 Å². The number of allylic oxidation sites excluding steroid dienone is 4. The van der Waals surface area contributed by atoms with Crippen molar-refractivity contribution in [1.82, 2.24) is 0 Å². The topological polar surface area (TPSA) is 23.8 Å². The zero-order chi connectivity index (χ0) is 28.2. The van der Waals surface area contributed by atoms with Crippen molar-refractivity contribution in [3.8, 4) is 11.1 Å². The van der Waals surface area contributed by atoms with E-state index in [2.05, 4.69) is 116 Å². The summed E-state index contributed by atoms with van der Waals surface area (Å²) >= 11 is 0. The standard InChI is InChI=1S/C13H22N.C12H10.C9H13.C2H7Si.Zr/c1-10-4-11(2)6-12(3,5-10)9-13(14,7-10)8-11;1-3-7-11(8-4-1)12-9-5-2-6-10-12;1-6-5-7(2)9(4)8(6)3;1-3-2;/h14H,4-9H2,1-3H3;1-10H;6H,1-4H3;3H,1-2H3;/q-1;;-1;;+2. The van der Waals surface area contributed by atoms with Gasteiger partial charge in [0, 0.05) is 9.52 Å². The van der Waals surface area contributed by atoms with Crippen LogP contribution in [0.15, 0.2) is 77.4 Å². The Labute approximate surface area is 262 Å². The molecule has 0 aromatic heterocycles. The molecule has 0 spiro atoms. The average molecular weight is 618 g/mol. The van der Waals surface area contributed by atoms with Crippen molar-refractivity contribution in [3.05, 3.63) is 89.2 Å². The second-order valence-corrected chi connectivity index (χ2v) is 15.0. The molecule has 39 heavy (non-hydrogen) atoms. The Kier molecular flexibility index (Phi) is 12.1. The van der Waals surface area contributed by atoms with E-state index in [0.717, 1.165) is 9.52 Å². The number of hydrogen-bond donors (Lipinski definition) is 0. The second kappa shape index (κ2) is 13.8. The van der Waals surface area contributed by atoms with Crippen LogP contribution in [0.25, 0.3) is 16.9 Å². The second-order valence-electron chi connectivity index (χ2n) is 13.9. The van der Waals surface area contributed by atoms with E-state index in [9.17, 15) is 0 Å². The fraction of sp³-hybridized carbons (Fsp3) is 0.556. The van der Waals surface area contributed by atoms with Crippen LogP contribution in [0.5, 0.6) is 0 Å². The fourth-order valence-electron chi connectivity index (χ4n) is 8.71. The number of benzene rings is 2. The van der Waals surface area contributed by atoms with E-state index in [4.69, 9.17) is 5.73 Å². The van der Waals surface area contributed by atoms with Crippen LogP contribution in [0.4, 0.5) is 0 Å². The molecular formula is C36H52NSiZr. The van der Waals surface area contributed by atoms with Crippen LogP contribution in [-0.4, -0.2) is 15.1 Å². The molecule has 209 valence electrons. The molecule has 4 saturated carbocycles. The van der Waals surface area contributed by atoms with E-state index in [1.807, 2.05) is 12.1 Å². The van der Waals surface area contributed by atoms with E-state index < -0.39 is 0 Å². The molecule has 1 N–H and O–H groups in total. The molecular weight excluding hydrogens is 566 g/mol. The van der Waals surface area contributed by atoms with Crippen LogP contribution in [0.2, 0.25) is 13.1 Å². The zero-order valence-corrected chi connectivity index (χ0v) is 29.8. The predicted octanol–water partition coefficient (Wildman–Crippen LogP) is 10.8. The first kappa shape index (κ1) is 34.2. The number of hydrogen-bond acceptors (Lipinski definition) is 0. The molecule has 2 aromatic carbocycles. The van der Waals surface area contributed by atoms with Gasteiger partial charge in [-0.3, -0.25) is 6.08 Å². The predicted molar refractivity (Wildman–Crippen MR) is 170 cm³/mol. The van der Waals surface area contributed by atoms with Crippen LogP contribution in [0.3, 0.4) is 0 Å². The van der Waals surface area contributed by atoms with Crippen LogP contribution >= 0.6 is 0 Å². The van der Waals surface area contributed by atoms with Crippen molar-refractivity contribution in [1.29, 1.82) is 0 Å². The number of nitrogens with one attached hydrogen (secondary N) is 1. The quantitative estimate of drug-likeness (QED) is 0.225. The number of rotatable bonds is 1. The van der Waals surface area contributed by atoms with Gasteiger partial charge in [-0.1, -0.05) is 140 Å². The molecule has 0 aliphatic heterocycles. The molecule has 1 nitrogen and oxygen atoms in total. The van der Waals surface area contributed by atoms with Crippen molar-refractivity contribution in [2.24, 2.45) is 22.2 Å². The molecule has 0 heterocycles. The van der Waals surface area contributed by atoms with Gasteiger partial charge in [-0.2, -0.15) is 11.1 Å².